The average molecular weight is 276 g/mol. The SMILES string of the molecule is Cc1cc(Oc2cnc(C(C)C)nc2CO)ccc1F. The molecule has 0 saturated heterocycles. The molecule has 1 aromatic heterocycles. The fourth-order valence-electron chi connectivity index (χ4n) is 1.71. The Hall–Kier alpha value is -2.01. The molecule has 106 valence electrons. The summed E-state index contributed by atoms with van der Waals surface area (Å²) < 4.78 is 18.8. The molecule has 0 aliphatic carbocycles. The Kier molecular flexibility index (Phi) is 4.29. The smallest absolute Gasteiger partial charge is 0.169 e. The standard InChI is InChI=1S/C15H17FN2O2/c1-9(2)15-17-7-14(13(8-19)18-15)20-11-4-5-12(16)10(3)6-11/h4-7,9,19H,8H2,1-3H3. The molecule has 0 atom stereocenters. The summed E-state index contributed by atoms with van der Waals surface area (Å²) in [6.45, 7) is 5.37. The molecule has 1 heterocycles. The molecule has 5 heteroatoms. The molecule has 2 aromatic rings. The number of nitrogens with zero attached hydrogens (tertiary/aromatic N) is 2. The Morgan fingerprint density at radius 2 is 2.10 bits per heavy atom. The summed E-state index contributed by atoms with van der Waals surface area (Å²) in [4.78, 5) is 8.47. The maximum atomic E-state index is 13.2. The number of rotatable bonds is 4. The van der Waals surface area contributed by atoms with Crippen molar-refractivity contribution in [1.82, 2.24) is 9.97 Å². The lowest BCUT2D eigenvalue weighted by Gasteiger charge is -2.11. The highest BCUT2D eigenvalue weighted by Crippen LogP contribution is 2.26. The number of halogens is 1. The van der Waals surface area contributed by atoms with Crippen molar-refractivity contribution in [3.63, 3.8) is 0 Å². The van der Waals surface area contributed by atoms with E-state index in [2.05, 4.69) is 9.97 Å². The Bertz CT molecular complexity index is 615. The van der Waals surface area contributed by atoms with Crippen LogP contribution in [0.5, 0.6) is 11.5 Å². The van der Waals surface area contributed by atoms with Gasteiger partial charge < -0.3 is 9.84 Å². The number of aryl methyl sites for hydroxylation is 1. The third-order valence-corrected chi connectivity index (χ3v) is 2.87. The van der Waals surface area contributed by atoms with Gasteiger partial charge in [0.15, 0.2) is 5.75 Å². The van der Waals surface area contributed by atoms with Crippen molar-refractivity contribution in [1.29, 1.82) is 0 Å². The molecule has 0 spiro atoms. The number of aliphatic hydroxyl groups excluding tert-OH is 1. The van der Waals surface area contributed by atoms with E-state index in [0.29, 0.717) is 28.6 Å². The fraction of sp³-hybridized carbons (Fsp3) is 0.333. The third-order valence-electron chi connectivity index (χ3n) is 2.87. The lowest BCUT2D eigenvalue weighted by molar-refractivity contribution is 0.269. The van der Waals surface area contributed by atoms with Gasteiger partial charge in [0, 0.05) is 5.92 Å². The van der Waals surface area contributed by atoms with Gasteiger partial charge in [-0.3, -0.25) is 0 Å². The number of hydrogen-bond donors (Lipinski definition) is 1. The summed E-state index contributed by atoms with van der Waals surface area (Å²) >= 11 is 0. The fourth-order valence-corrected chi connectivity index (χ4v) is 1.71. The van der Waals surface area contributed by atoms with Gasteiger partial charge in [0.2, 0.25) is 0 Å². The van der Waals surface area contributed by atoms with Gasteiger partial charge in [-0.1, -0.05) is 13.8 Å². The van der Waals surface area contributed by atoms with Crippen LogP contribution in [0, 0.1) is 12.7 Å². The van der Waals surface area contributed by atoms with Crippen LogP contribution in [0.4, 0.5) is 4.39 Å². The van der Waals surface area contributed by atoms with Gasteiger partial charge in [-0.05, 0) is 30.7 Å². The van der Waals surface area contributed by atoms with Crippen LogP contribution in [0.3, 0.4) is 0 Å². The second-order valence-electron chi connectivity index (χ2n) is 4.87. The van der Waals surface area contributed by atoms with Crippen LogP contribution in [0.1, 0.15) is 36.8 Å². The second-order valence-corrected chi connectivity index (χ2v) is 4.87. The van der Waals surface area contributed by atoms with Crippen LogP contribution in [-0.4, -0.2) is 15.1 Å². The first kappa shape index (κ1) is 14.4. The van der Waals surface area contributed by atoms with Gasteiger partial charge in [-0.2, -0.15) is 0 Å². The lowest BCUT2D eigenvalue weighted by atomic mass is 10.2. The molecule has 0 unspecified atom stereocenters. The largest absolute Gasteiger partial charge is 0.454 e. The number of ether oxygens (including phenoxy) is 1. The van der Waals surface area contributed by atoms with Crippen LogP contribution in [0.15, 0.2) is 24.4 Å². The van der Waals surface area contributed by atoms with Gasteiger partial charge in [-0.15, -0.1) is 0 Å². The quantitative estimate of drug-likeness (QED) is 0.930. The monoisotopic (exact) mass is 276 g/mol. The van der Waals surface area contributed by atoms with Crippen molar-refractivity contribution >= 4 is 0 Å². The molecular formula is C15H17FN2O2. The molecule has 2 rings (SSSR count). The van der Waals surface area contributed by atoms with E-state index >= 15 is 0 Å². The van der Waals surface area contributed by atoms with Crippen molar-refractivity contribution < 1.29 is 14.2 Å². The molecule has 0 aliphatic rings. The first-order chi connectivity index (χ1) is 9.51. The normalized spacial score (nSPS) is 10.9. The maximum Gasteiger partial charge on any atom is 0.169 e. The van der Waals surface area contributed by atoms with Crippen LogP contribution in [-0.2, 0) is 6.61 Å². The maximum absolute atomic E-state index is 13.2. The zero-order valence-corrected chi connectivity index (χ0v) is 11.7. The van der Waals surface area contributed by atoms with E-state index in [1.165, 1.54) is 18.3 Å². The van der Waals surface area contributed by atoms with Crippen molar-refractivity contribution in [2.24, 2.45) is 0 Å². The van der Waals surface area contributed by atoms with E-state index in [9.17, 15) is 9.50 Å². The summed E-state index contributed by atoms with van der Waals surface area (Å²) in [5.41, 5.74) is 0.915. The zero-order valence-electron chi connectivity index (χ0n) is 11.7. The Labute approximate surface area is 117 Å². The van der Waals surface area contributed by atoms with Crippen LogP contribution >= 0.6 is 0 Å². The molecule has 0 saturated carbocycles. The van der Waals surface area contributed by atoms with Crippen molar-refractivity contribution in [2.45, 2.75) is 33.3 Å². The summed E-state index contributed by atoms with van der Waals surface area (Å²) in [5.74, 6) is 1.40. The highest BCUT2D eigenvalue weighted by Gasteiger charge is 2.11. The number of aliphatic hydroxyl groups is 1. The van der Waals surface area contributed by atoms with E-state index < -0.39 is 0 Å². The molecule has 0 radical (unpaired) electrons. The van der Waals surface area contributed by atoms with E-state index in [1.807, 2.05) is 13.8 Å². The summed E-state index contributed by atoms with van der Waals surface area (Å²) in [7, 11) is 0. The van der Waals surface area contributed by atoms with Gasteiger partial charge in [0.05, 0.1) is 12.8 Å². The van der Waals surface area contributed by atoms with E-state index in [0.717, 1.165) is 0 Å². The second kappa shape index (κ2) is 5.96. The molecule has 1 N–H and O–H groups in total. The third kappa shape index (κ3) is 3.11. The average Bonchev–Trinajstić information content (AvgIpc) is 2.43. The molecule has 0 bridgehead atoms. The van der Waals surface area contributed by atoms with Crippen molar-refractivity contribution in [2.75, 3.05) is 0 Å². The molecule has 0 aliphatic heterocycles. The van der Waals surface area contributed by atoms with Crippen LogP contribution in [0.25, 0.3) is 0 Å². The Morgan fingerprint density at radius 3 is 2.70 bits per heavy atom. The topological polar surface area (TPSA) is 55.2 Å². The van der Waals surface area contributed by atoms with Gasteiger partial charge >= 0.3 is 0 Å². The minimum atomic E-state index is -0.286. The van der Waals surface area contributed by atoms with Gasteiger partial charge in [0.1, 0.15) is 23.1 Å². The van der Waals surface area contributed by atoms with E-state index in [4.69, 9.17) is 4.74 Å². The highest BCUT2D eigenvalue weighted by atomic mass is 19.1. The summed E-state index contributed by atoms with van der Waals surface area (Å²) in [6, 6.07) is 4.46. The first-order valence-corrected chi connectivity index (χ1v) is 6.42. The molecule has 4 nitrogen and oxygen atoms in total. The molecular weight excluding hydrogens is 259 g/mol. The highest BCUT2D eigenvalue weighted by molar-refractivity contribution is 5.35. The summed E-state index contributed by atoms with van der Waals surface area (Å²) in [5, 5.41) is 9.37. The Balaban J connectivity index is 2.30. The van der Waals surface area contributed by atoms with Crippen molar-refractivity contribution in [3.05, 3.63) is 47.3 Å². The minimum Gasteiger partial charge on any atom is -0.454 e. The molecule has 20 heavy (non-hydrogen) atoms. The van der Waals surface area contributed by atoms with E-state index in [1.54, 1.807) is 13.0 Å². The van der Waals surface area contributed by atoms with Gasteiger partial charge in [0.25, 0.3) is 0 Å². The Morgan fingerprint density at radius 1 is 1.35 bits per heavy atom. The first-order valence-electron chi connectivity index (χ1n) is 6.42. The lowest BCUT2D eigenvalue weighted by Crippen LogP contribution is -2.03. The van der Waals surface area contributed by atoms with Crippen LogP contribution < -0.4 is 4.74 Å². The summed E-state index contributed by atoms with van der Waals surface area (Å²) in [6.07, 6.45) is 1.53. The van der Waals surface area contributed by atoms with Gasteiger partial charge in [-0.25, -0.2) is 14.4 Å². The number of benzene rings is 1. The minimum absolute atomic E-state index is 0.169. The zero-order chi connectivity index (χ0) is 14.7. The van der Waals surface area contributed by atoms with Crippen LogP contribution in [0.2, 0.25) is 0 Å². The predicted molar refractivity (Wildman–Crippen MR) is 73.3 cm³/mol. The molecule has 0 fully saturated rings. The number of aromatic nitrogens is 2. The van der Waals surface area contributed by atoms with E-state index in [-0.39, 0.29) is 18.3 Å². The molecule has 1 aromatic carbocycles. The molecule has 0 amide bonds. The number of hydrogen-bond acceptors (Lipinski definition) is 4. The predicted octanol–water partition coefficient (Wildman–Crippen LogP) is 3.33. The van der Waals surface area contributed by atoms with Crippen molar-refractivity contribution in [3.8, 4) is 11.5 Å².